The number of allylic oxidation sites excluding steroid dienone is 4. The monoisotopic (exact) mass is 501 g/mol. The molecule has 3 N–H and O–H groups in total. The lowest BCUT2D eigenvalue weighted by atomic mass is 9.44. The van der Waals surface area contributed by atoms with E-state index in [1.165, 1.54) is 12.2 Å². The number of benzene rings is 1. The van der Waals surface area contributed by atoms with Crippen LogP contribution in [0.15, 0.2) is 48.1 Å². The normalized spacial score (nSPS) is 44.2. The number of hydrogen-bond donors (Lipinski definition) is 3. The zero-order valence-electron chi connectivity index (χ0n) is 20.4. The highest BCUT2D eigenvalue weighted by atomic mass is 35.5. The third-order valence-electron chi connectivity index (χ3n) is 9.94. The molecule has 8 unspecified atom stereocenters. The second-order valence-electron chi connectivity index (χ2n) is 11.5. The maximum atomic E-state index is 17.2. The number of rotatable bonds is 3. The van der Waals surface area contributed by atoms with E-state index in [1.807, 2.05) is 26.0 Å². The van der Waals surface area contributed by atoms with Gasteiger partial charge >= 0.3 is 0 Å². The number of amides is 1. The van der Waals surface area contributed by atoms with Crippen LogP contribution >= 0.6 is 11.6 Å². The molecule has 1 aromatic rings. The Morgan fingerprint density at radius 2 is 1.91 bits per heavy atom. The molecule has 0 saturated heterocycles. The summed E-state index contributed by atoms with van der Waals surface area (Å²) in [6.07, 6.45) is 4.60. The Morgan fingerprint density at radius 1 is 1.23 bits per heavy atom. The maximum Gasteiger partial charge on any atom is 0.253 e. The Hall–Kier alpha value is -2.02. The van der Waals surface area contributed by atoms with Crippen LogP contribution in [0.5, 0.6) is 0 Å². The second kappa shape index (κ2) is 7.99. The number of halogens is 2. The smallest absolute Gasteiger partial charge is 0.253 e. The van der Waals surface area contributed by atoms with Gasteiger partial charge < -0.3 is 15.5 Å². The van der Waals surface area contributed by atoms with Gasteiger partial charge in [-0.15, -0.1) is 0 Å². The van der Waals surface area contributed by atoms with Crippen molar-refractivity contribution in [3.05, 3.63) is 58.7 Å². The number of ketones is 1. The summed E-state index contributed by atoms with van der Waals surface area (Å²) in [5.74, 6) is -1.89. The Labute approximate surface area is 210 Å². The van der Waals surface area contributed by atoms with Gasteiger partial charge in [0.1, 0.15) is 0 Å². The fraction of sp³-hybridized carbons (Fsp3) is 0.571. The first-order chi connectivity index (χ1) is 16.4. The predicted molar refractivity (Wildman–Crippen MR) is 131 cm³/mol. The second-order valence-corrected chi connectivity index (χ2v) is 11.9. The molecule has 3 fully saturated rings. The molecule has 35 heavy (non-hydrogen) atoms. The molecule has 1 aromatic carbocycles. The zero-order chi connectivity index (χ0) is 25.4. The third-order valence-corrected chi connectivity index (χ3v) is 10.2. The molecule has 0 spiro atoms. The van der Waals surface area contributed by atoms with Gasteiger partial charge in [0, 0.05) is 28.3 Å². The predicted octanol–water partition coefficient (Wildman–Crippen LogP) is 4.30. The Kier molecular flexibility index (Phi) is 5.63. The molecular weight excluding hydrogens is 469 g/mol. The molecule has 0 aliphatic heterocycles. The van der Waals surface area contributed by atoms with Gasteiger partial charge in [-0.1, -0.05) is 49.2 Å². The van der Waals surface area contributed by atoms with Crippen LogP contribution in [0, 0.1) is 28.6 Å². The molecule has 4 aliphatic rings. The summed E-state index contributed by atoms with van der Waals surface area (Å²) in [4.78, 5) is 25.5. The standard InChI is InChI=1S/C28H33ClFNO4/c1-16-12-22-21-9-6-18-13-20(32)10-11-25(18,2)27(21,30)23(33)14-26(22,3)28(16,35)24(34)31-15-17-4-7-19(29)8-5-17/h4-5,7-8,10-11,13,16,21-23,33,35H,6,9,12,14-15H2,1-3H3,(H,31,34). The quantitative estimate of drug-likeness (QED) is 0.576. The number of nitrogens with one attached hydrogen (secondary N) is 1. The summed E-state index contributed by atoms with van der Waals surface area (Å²) >= 11 is 5.95. The fourth-order valence-electron chi connectivity index (χ4n) is 7.95. The number of aliphatic hydroxyl groups excluding tert-OH is 1. The molecular formula is C28H33ClFNO4. The fourth-order valence-corrected chi connectivity index (χ4v) is 8.08. The van der Waals surface area contributed by atoms with Crippen LogP contribution in [0.3, 0.4) is 0 Å². The van der Waals surface area contributed by atoms with E-state index >= 15 is 4.39 Å². The van der Waals surface area contributed by atoms with Crippen molar-refractivity contribution in [2.45, 2.75) is 70.4 Å². The van der Waals surface area contributed by atoms with E-state index in [0.29, 0.717) is 29.9 Å². The van der Waals surface area contributed by atoms with E-state index in [1.54, 1.807) is 25.1 Å². The van der Waals surface area contributed by atoms with Gasteiger partial charge in [0.2, 0.25) is 0 Å². The summed E-state index contributed by atoms with van der Waals surface area (Å²) in [6, 6.07) is 7.11. The Morgan fingerprint density at radius 3 is 2.60 bits per heavy atom. The summed E-state index contributed by atoms with van der Waals surface area (Å²) in [6.45, 7) is 5.67. The summed E-state index contributed by atoms with van der Waals surface area (Å²) < 4.78 is 17.2. The van der Waals surface area contributed by atoms with E-state index in [-0.39, 0.29) is 24.7 Å². The lowest BCUT2D eigenvalue weighted by molar-refractivity contribution is -0.219. The minimum Gasteiger partial charge on any atom is -0.390 e. The van der Waals surface area contributed by atoms with Crippen LogP contribution in [0.4, 0.5) is 4.39 Å². The van der Waals surface area contributed by atoms with Crippen LogP contribution in [0.1, 0.15) is 52.0 Å². The molecule has 0 bridgehead atoms. The third kappa shape index (κ3) is 3.19. The van der Waals surface area contributed by atoms with Crippen molar-refractivity contribution in [3.8, 4) is 0 Å². The molecule has 7 heteroatoms. The molecule has 5 nitrogen and oxygen atoms in total. The highest BCUT2D eigenvalue weighted by Gasteiger charge is 2.75. The largest absolute Gasteiger partial charge is 0.390 e. The number of aliphatic hydroxyl groups is 2. The van der Waals surface area contributed by atoms with Crippen molar-refractivity contribution in [2.24, 2.45) is 28.6 Å². The number of alkyl halides is 1. The van der Waals surface area contributed by atoms with Gasteiger partial charge in [-0.25, -0.2) is 4.39 Å². The maximum absolute atomic E-state index is 17.2. The molecule has 8 atom stereocenters. The molecule has 0 aromatic heterocycles. The van der Waals surface area contributed by atoms with E-state index in [2.05, 4.69) is 5.32 Å². The molecule has 4 aliphatic carbocycles. The van der Waals surface area contributed by atoms with Gasteiger partial charge in [-0.3, -0.25) is 9.59 Å². The summed E-state index contributed by atoms with van der Waals surface area (Å²) in [5.41, 5.74) is -4.25. The van der Waals surface area contributed by atoms with Crippen LogP contribution in [-0.4, -0.2) is 39.3 Å². The molecule has 3 saturated carbocycles. The lowest BCUT2D eigenvalue weighted by Gasteiger charge is -2.62. The number of carbonyl (C=O) groups is 2. The first kappa shape index (κ1) is 24.7. The van der Waals surface area contributed by atoms with Crippen molar-refractivity contribution in [1.29, 1.82) is 0 Å². The van der Waals surface area contributed by atoms with Gasteiger partial charge in [-0.05, 0) is 74.3 Å². The van der Waals surface area contributed by atoms with Crippen LogP contribution in [0.2, 0.25) is 5.02 Å². The average Bonchev–Trinajstić information content (AvgIpc) is 3.01. The number of hydrogen-bond acceptors (Lipinski definition) is 4. The summed E-state index contributed by atoms with van der Waals surface area (Å²) in [5, 5.41) is 26.9. The minimum absolute atomic E-state index is 0.0372. The highest BCUT2D eigenvalue weighted by Crippen LogP contribution is 2.70. The number of carbonyl (C=O) groups excluding carboxylic acids is 2. The van der Waals surface area contributed by atoms with E-state index < -0.39 is 45.9 Å². The molecule has 0 heterocycles. The van der Waals surface area contributed by atoms with Crippen LogP contribution < -0.4 is 5.32 Å². The van der Waals surface area contributed by atoms with Crippen LogP contribution in [-0.2, 0) is 16.1 Å². The minimum atomic E-state index is -1.98. The molecule has 0 radical (unpaired) electrons. The van der Waals surface area contributed by atoms with Gasteiger partial charge in [0.15, 0.2) is 17.1 Å². The molecule has 1 amide bonds. The van der Waals surface area contributed by atoms with E-state index in [4.69, 9.17) is 11.6 Å². The van der Waals surface area contributed by atoms with Gasteiger partial charge in [0.05, 0.1) is 6.10 Å². The van der Waals surface area contributed by atoms with Gasteiger partial charge in [0.25, 0.3) is 5.91 Å². The van der Waals surface area contributed by atoms with Crippen molar-refractivity contribution in [1.82, 2.24) is 5.32 Å². The SMILES string of the molecule is CC1CC2C3CCC4=CC(=O)C=CC4(C)C3(F)C(O)CC2(C)C1(O)C(=O)NCc1ccc(Cl)cc1. The van der Waals surface area contributed by atoms with Crippen molar-refractivity contribution in [3.63, 3.8) is 0 Å². The molecule has 5 rings (SSSR count). The average molecular weight is 502 g/mol. The van der Waals surface area contributed by atoms with Crippen LogP contribution in [0.25, 0.3) is 0 Å². The molecule has 188 valence electrons. The van der Waals surface area contributed by atoms with E-state index in [0.717, 1.165) is 5.56 Å². The first-order valence-electron chi connectivity index (χ1n) is 12.4. The Balaban J connectivity index is 1.47. The topological polar surface area (TPSA) is 86.6 Å². The van der Waals surface area contributed by atoms with Crippen molar-refractivity contribution < 1.29 is 24.2 Å². The lowest BCUT2D eigenvalue weighted by Crippen LogP contribution is -2.70. The van der Waals surface area contributed by atoms with Crippen molar-refractivity contribution in [2.75, 3.05) is 0 Å². The van der Waals surface area contributed by atoms with Gasteiger partial charge in [-0.2, -0.15) is 0 Å². The summed E-state index contributed by atoms with van der Waals surface area (Å²) in [7, 11) is 0. The first-order valence-corrected chi connectivity index (χ1v) is 12.8. The highest BCUT2D eigenvalue weighted by molar-refractivity contribution is 6.30. The Bertz CT molecular complexity index is 1130. The van der Waals surface area contributed by atoms with E-state index in [9.17, 15) is 19.8 Å². The zero-order valence-corrected chi connectivity index (χ0v) is 21.1. The number of fused-ring (bicyclic) bond motifs is 5. The van der Waals surface area contributed by atoms with Crippen molar-refractivity contribution >= 4 is 23.3 Å².